The van der Waals surface area contributed by atoms with Crippen molar-refractivity contribution >= 4 is 22.5 Å². The Morgan fingerprint density at radius 3 is 2.88 bits per heavy atom. The van der Waals surface area contributed by atoms with Crippen molar-refractivity contribution in [2.45, 2.75) is 6.54 Å². The molecule has 128 valence electrons. The minimum Gasteiger partial charge on any atom is -0.383 e. The van der Waals surface area contributed by atoms with Crippen LogP contribution in [-0.4, -0.2) is 53.4 Å². The fourth-order valence-electron chi connectivity index (χ4n) is 2.47. The predicted molar refractivity (Wildman–Crippen MR) is 91.3 cm³/mol. The van der Waals surface area contributed by atoms with Crippen molar-refractivity contribution in [3.05, 3.63) is 31.0 Å². The zero-order chi connectivity index (χ0) is 17.2. The number of aromatic nitrogens is 8. The first kappa shape index (κ1) is 15.3. The average Bonchev–Trinajstić information content (AvgIpc) is 3.33. The standard InChI is InChI=1S/C15H17N9O/c1-23-8-10(5-17-23)14-20-12-7-16-22-13(12)15(21-14)19-11-6-18-24(9-11)3-4-25-2/h5-9H,3-4H2,1-2H3,(H,16,22)(H,19,20,21). The van der Waals surface area contributed by atoms with Crippen molar-refractivity contribution in [2.75, 3.05) is 19.0 Å². The van der Waals surface area contributed by atoms with Gasteiger partial charge in [-0.3, -0.25) is 14.5 Å². The van der Waals surface area contributed by atoms with Crippen LogP contribution in [0.4, 0.5) is 11.5 Å². The smallest absolute Gasteiger partial charge is 0.165 e. The van der Waals surface area contributed by atoms with Crippen LogP contribution in [0.5, 0.6) is 0 Å². The monoisotopic (exact) mass is 339 g/mol. The van der Waals surface area contributed by atoms with Gasteiger partial charge in [-0.15, -0.1) is 0 Å². The molecule has 0 saturated carbocycles. The molecule has 10 nitrogen and oxygen atoms in total. The van der Waals surface area contributed by atoms with Crippen LogP contribution < -0.4 is 5.32 Å². The lowest BCUT2D eigenvalue weighted by atomic mass is 10.3. The molecule has 4 heterocycles. The van der Waals surface area contributed by atoms with Crippen molar-refractivity contribution in [2.24, 2.45) is 7.05 Å². The molecule has 0 amide bonds. The van der Waals surface area contributed by atoms with E-state index in [4.69, 9.17) is 4.74 Å². The number of ether oxygens (including phenoxy) is 1. The quantitative estimate of drug-likeness (QED) is 0.545. The van der Waals surface area contributed by atoms with Gasteiger partial charge in [-0.2, -0.15) is 15.3 Å². The summed E-state index contributed by atoms with van der Waals surface area (Å²) in [6.45, 7) is 1.28. The highest BCUT2D eigenvalue weighted by molar-refractivity contribution is 5.88. The first-order chi connectivity index (χ1) is 12.2. The van der Waals surface area contributed by atoms with Crippen LogP contribution in [0.1, 0.15) is 0 Å². The lowest BCUT2D eigenvalue weighted by Crippen LogP contribution is -2.04. The van der Waals surface area contributed by atoms with E-state index in [2.05, 4.69) is 35.7 Å². The number of aromatic amines is 1. The maximum atomic E-state index is 5.06. The molecule has 0 saturated heterocycles. The molecule has 4 rings (SSSR count). The van der Waals surface area contributed by atoms with Crippen LogP contribution in [0.3, 0.4) is 0 Å². The van der Waals surface area contributed by atoms with Crippen LogP contribution in [-0.2, 0) is 18.3 Å². The van der Waals surface area contributed by atoms with Crippen molar-refractivity contribution in [3.8, 4) is 11.4 Å². The summed E-state index contributed by atoms with van der Waals surface area (Å²) < 4.78 is 8.58. The molecule has 4 aromatic rings. The summed E-state index contributed by atoms with van der Waals surface area (Å²) in [5.74, 6) is 1.21. The Hall–Kier alpha value is -3.27. The van der Waals surface area contributed by atoms with Gasteiger partial charge in [-0.25, -0.2) is 9.97 Å². The van der Waals surface area contributed by atoms with Gasteiger partial charge in [0.2, 0.25) is 0 Å². The molecule has 0 radical (unpaired) electrons. The molecule has 0 unspecified atom stereocenters. The van der Waals surface area contributed by atoms with E-state index < -0.39 is 0 Å². The van der Waals surface area contributed by atoms with E-state index in [1.54, 1.807) is 35.1 Å². The second-order valence-electron chi connectivity index (χ2n) is 5.54. The number of anilines is 2. The normalized spacial score (nSPS) is 11.3. The molecule has 0 aliphatic carbocycles. The Balaban J connectivity index is 1.68. The van der Waals surface area contributed by atoms with Crippen LogP contribution in [0, 0.1) is 0 Å². The molecule has 25 heavy (non-hydrogen) atoms. The number of H-pyrrole nitrogens is 1. The van der Waals surface area contributed by atoms with Gasteiger partial charge in [-0.1, -0.05) is 0 Å². The van der Waals surface area contributed by atoms with E-state index in [0.717, 1.165) is 22.3 Å². The van der Waals surface area contributed by atoms with E-state index in [1.807, 2.05) is 19.4 Å². The molecular formula is C15H17N9O. The minimum atomic E-state index is 0.580. The summed E-state index contributed by atoms with van der Waals surface area (Å²) in [5, 5.41) is 18.7. The van der Waals surface area contributed by atoms with Gasteiger partial charge in [0, 0.05) is 26.6 Å². The molecule has 0 aromatic carbocycles. The summed E-state index contributed by atoms with van der Waals surface area (Å²) in [4.78, 5) is 9.15. The van der Waals surface area contributed by atoms with Crippen molar-refractivity contribution in [1.29, 1.82) is 0 Å². The predicted octanol–water partition coefficient (Wildman–Crippen LogP) is 1.34. The zero-order valence-corrected chi connectivity index (χ0v) is 13.8. The molecule has 0 fully saturated rings. The summed E-state index contributed by atoms with van der Waals surface area (Å²) in [6.07, 6.45) is 8.91. The SMILES string of the molecule is COCCn1cc(Nc2nc(-c3cnn(C)c3)nc3cn[nH]c23)cn1. The lowest BCUT2D eigenvalue weighted by Gasteiger charge is -2.06. The van der Waals surface area contributed by atoms with Crippen LogP contribution in [0.15, 0.2) is 31.0 Å². The number of hydrogen-bond donors (Lipinski definition) is 2. The highest BCUT2D eigenvalue weighted by atomic mass is 16.5. The summed E-state index contributed by atoms with van der Waals surface area (Å²) in [6, 6.07) is 0. The Morgan fingerprint density at radius 1 is 1.16 bits per heavy atom. The third-order valence-electron chi connectivity index (χ3n) is 3.68. The Bertz CT molecular complexity index is 999. The maximum absolute atomic E-state index is 5.06. The Kier molecular flexibility index (Phi) is 3.86. The highest BCUT2D eigenvalue weighted by Gasteiger charge is 2.13. The molecular weight excluding hydrogens is 322 g/mol. The molecule has 4 aromatic heterocycles. The zero-order valence-electron chi connectivity index (χ0n) is 13.8. The first-order valence-corrected chi connectivity index (χ1v) is 7.71. The number of aryl methyl sites for hydroxylation is 1. The van der Waals surface area contributed by atoms with Crippen LogP contribution >= 0.6 is 0 Å². The number of hydrogen-bond acceptors (Lipinski definition) is 7. The molecule has 0 aliphatic heterocycles. The van der Waals surface area contributed by atoms with E-state index in [-0.39, 0.29) is 0 Å². The lowest BCUT2D eigenvalue weighted by molar-refractivity contribution is 0.183. The minimum absolute atomic E-state index is 0.580. The van der Waals surface area contributed by atoms with E-state index in [1.165, 1.54) is 0 Å². The van der Waals surface area contributed by atoms with Gasteiger partial charge < -0.3 is 10.1 Å². The van der Waals surface area contributed by atoms with Crippen molar-refractivity contribution in [3.63, 3.8) is 0 Å². The van der Waals surface area contributed by atoms with E-state index in [0.29, 0.717) is 24.8 Å². The van der Waals surface area contributed by atoms with E-state index in [9.17, 15) is 0 Å². The van der Waals surface area contributed by atoms with Gasteiger partial charge in [0.05, 0.1) is 43.0 Å². The Labute approximate surface area is 142 Å². The van der Waals surface area contributed by atoms with Gasteiger partial charge in [0.25, 0.3) is 0 Å². The van der Waals surface area contributed by atoms with Gasteiger partial charge in [-0.05, 0) is 0 Å². The number of nitrogens with one attached hydrogen (secondary N) is 2. The number of nitrogens with zero attached hydrogens (tertiary/aromatic N) is 7. The molecule has 0 aliphatic rings. The van der Waals surface area contributed by atoms with Crippen LogP contribution in [0.2, 0.25) is 0 Å². The number of rotatable bonds is 6. The average molecular weight is 339 g/mol. The fraction of sp³-hybridized carbons (Fsp3) is 0.267. The maximum Gasteiger partial charge on any atom is 0.165 e. The molecule has 0 spiro atoms. The Morgan fingerprint density at radius 2 is 2.08 bits per heavy atom. The molecule has 10 heteroatoms. The second-order valence-corrected chi connectivity index (χ2v) is 5.54. The highest BCUT2D eigenvalue weighted by Crippen LogP contribution is 2.25. The van der Waals surface area contributed by atoms with Gasteiger partial charge in [0.1, 0.15) is 11.0 Å². The van der Waals surface area contributed by atoms with Crippen molar-refractivity contribution in [1.82, 2.24) is 39.7 Å². The molecule has 0 bridgehead atoms. The van der Waals surface area contributed by atoms with Gasteiger partial charge in [0.15, 0.2) is 11.6 Å². The fourth-order valence-corrected chi connectivity index (χ4v) is 2.47. The van der Waals surface area contributed by atoms with Crippen LogP contribution in [0.25, 0.3) is 22.4 Å². The van der Waals surface area contributed by atoms with Gasteiger partial charge >= 0.3 is 0 Å². The largest absolute Gasteiger partial charge is 0.383 e. The van der Waals surface area contributed by atoms with E-state index >= 15 is 0 Å². The summed E-state index contributed by atoms with van der Waals surface area (Å²) in [5.41, 5.74) is 3.12. The third kappa shape index (κ3) is 3.06. The third-order valence-corrected chi connectivity index (χ3v) is 3.68. The second kappa shape index (κ2) is 6.32. The first-order valence-electron chi connectivity index (χ1n) is 7.71. The topological polar surface area (TPSA) is 111 Å². The number of methoxy groups -OCH3 is 1. The molecule has 0 atom stereocenters. The summed E-state index contributed by atoms with van der Waals surface area (Å²) >= 11 is 0. The molecule has 2 N–H and O–H groups in total. The number of fused-ring (bicyclic) bond motifs is 1. The summed E-state index contributed by atoms with van der Waals surface area (Å²) in [7, 11) is 3.52. The van der Waals surface area contributed by atoms with Crippen molar-refractivity contribution < 1.29 is 4.74 Å².